The van der Waals surface area contributed by atoms with Crippen LogP contribution < -0.4 is 5.32 Å². The zero-order valence-electron chi connectivity index (χ0n) is 57.6. The van der Waals surface area contributed by atoms with Crippen LogP contribution in [0, 0.1) is 0 Å². The van der Waals surface area contributed by atoms with Crippen molar-refractivity contribution in [3.63, 3.8) is 0 Å². The minimum Gasteiger partial charge on any atom is -0.387 e. The summed E-state index contributed by atoms with van der Waals surface area (Å²) in [7, 11) is 1.59. The monoisotopic (exact) mass is 1220 g/mol. The van der Waals surface area contributed by atoms with Crippen molar-refractivity contribution in [1.82, 2.24) is 5.32 Å². The summed E-state index contributed by atoms with van der Waals surface area (Å²) in [5, 5.41) is 14.0. The number of carbonyl (C=O) groups is 1. The van der Waals surface area contributed by atoms with Crippen LogP contribution in [0.1, 0.15) is 380 Å². The first-order valence-electron chi connectivity index (χ1n) is 37.5. The highest BCUT2D eigenvalue weighted by Gasteiger charge is 2.28. The molecule has 0 aromatic heterocycles. The Morgan fingerprint density at radius 3 is 0.976 bits per heavy atom. The third-order valence-corrected chi connectivity index (χ3v) is 18.3. The summed E-state index contributed by atoms with van der Waals surface area (Å²) < 4.78 is 23.9. The Hall–Kier alpha value is -1.54. The molecule has 0 saturated heterocycles. The number of carbonyl (C=O) groups excluding carboxylic acids is 1. The second-order valence-corrected chi connectivity index (χ2v) is 28.5. The molecule has 85 heavy (non-hydrogen) atoms. The van der Waals surface area contributed by atoms with Gasteiger partial charge in [0.15, 0.2) is 0 Å². The average Bonchev–Trinajstić information content (AvgIpc) is 3.49. The van der Waals surface area contributed by atoms with Gasteiger partial charge in [0, 0.05) is 6.42 Å². The lowest BCUT2D eigenvalue weighted by Crippen LogP contribution is -2.45. The number of rotatable bonds is 70. The number of likely N-dealkylation sites (N-methyl/N-ethyl adjacent to an activating group) is 1. The Balaban J connectivity index is 4.02. The number of unbranched alkanes of at least 4 members (excludes halogenated alkanes) is 51. The Morgan fingerprint density at radius 1 is 0.400 bits per heavy atom. The van der Waals surface area contributed by atoms with E-state index < -0.39 is 20.0 Å². The van der Waals surface area contributed by atoms with Gasteiger partial charge in [-0.1, -0.05) is 364 Å². The van der Waals surface area contributed by atoms with Gasteiger partial charge >= 0.3 is 7.82 Å². The van der Waals surface area contributed by atoms with Crippen LogP contribution in [-0.2, 0) is 18.4 Å². The molecule has 0 aromatic carbocycles. The van der Waals surface area contributed by atoms with E-state index in [-0.39, 0.29) is 19.1 Å². The first-order chi connectivity index (χ1) is 41.5. The number of aliphatic hydroxyl groups excluding tert-OH is 1. The van der Waals surface area contributed by atoms with Crippen LogP contribution in [0.3, 0.4) is 0 Å². The normalized spacial score (nSPS) is 13.8. The maximum Gasteiger partial charge on any atom is 0.472 e. The fourth-order valence-corrected chi connectivity index (χ4v) is 12.2. The van der Waals surface area contributed by atoms with Crippen molar-refractivity contribution in [3.05, 3.63) is 48.6 Å². The Labute approximate surface area is 530 Å². The number of nitrogens with zero attached hydrogens (tertiary/aromatic N) is 1. The topological polar surface area (TPSA) is 105 Å². The first-order valence-corrected chi connectivity index (χ1v) is 39.0. The molecular formula is C76H148N2O6P+. The molecule has 0 aliphatic rings. The van der Waals surface area contributed by atoms with Crippen LogP contribution >= 0.6 is 7.82 Å². The average molecular weight is 1220 g/mol. The fraction of sp³-hybridized carbons (Fsp3) is 0.882. The Kier molecular flexibility index (Phi) is 65.7. The SMILES string of the molecule is CCCCCCC/C=C\C/C=C\C/C=C\CCCCCCCCCCCCCCCCCCC(=O)NC(COP(=O)(O)OCC[N+](C)(C)C)C(O)/C=C/CCCCCCCCCCCCCCCCCCCCCCCCCCCCCCCC. The van der Waals surface area contributed by atoms with E-state index in [1.165, 1.54) is 308 Å². The van der Waals surface area contributed by atoms with E-state index in [4.69, 9.17) is 9.05 Å². The zero-order valence-corrected chi connectivity index (χ0v) is 58.5. The van der Waals surface area contributed by atoms with Crippen molar-refractivity contribution in [3.8, 4) is 0 Å². The molecule has 3 atom stereocenters. The van der Waals surface area contributed by atoms with Gasteiger partial charge in [-0.2, -0.15) is 0 Å². The molecule has 3 unspecified atom stereocenters. The Bertz CT molecular complexity index is 1530. The molecule has 0 rings (SSSR count). The largest absolute Gasteiger partial charge is 0.472 e. The Morgan fingerprint density at radius 2 is 0.671 bits per heavy atom. The van der Waals surface area contributed by atoms with Gasteiger partial charge in [0.2, 0.25) is 5.91 Å². The highest BCUT2D eigenvalue weighted by atomic mass is 31.2. The third kappa shape index (κ3) is 69.8. The summed E-state index contributed by atoms with van der Waals surface area (Å²) >= 11 is 0. The van der Waals surface area contributed by atoms with E-state index in [1.807, 2.05) is 27.2 Å². The minimum atomic E-state index is -4.36. The second kappa shape index (κ2) is 66.9. The number of phosphoric acid groups is 1. The molecule has 0 radical (unpaired) electrons. The summed E-state index contributed by atoms with van der Waals surface area (Å²) in [4.78, 5) is 23.5. The maximum atomic E-state index is 13.1. The van der Waals surface area contributed by atoms with Crippen molar-refractivity contribution >= 4 is 13.7 Å². The van der Waals surface area contributed by atoms with E-state index in [9.17, 15) is 19.4 Å². The quantitative estimate of drug-likeness (QED) is 0.0243. The fourth-order valence-electron chi connectivity index (χ4n) is 11.5. The van der Waals surface area contributed by atoms with Gasteiger partial charge in [-0.25, -0.2) is 4.57 Å². The number of amides is 1. The van der Waals surface area contributed by atoms with Crippen molar-refractivity contribution in [2.75, 3.05) is 40.9 Å². The van der Waals surface area contributed by atoms with E-state index in [2.05, 4.69) is 55.6 Å². The van der Waals surface area contributed by atoms with Crippen LogP contribution in [-0.4, -0.2) is 73.4 Å². The molecular weight excluding hydrogens is 1070 g/mol. The molecule has 0 saturated carbocycles. The summed E-state index contributed by atoms with van der Waals surface area (Å²) in [5.74, 6) is -0.171. The van der Waals surface area contributed by atoms with Gasteiger partial charge in [0.1, 0.15) is 13.2 Å². The van der Waals surface area contributed by atoms with Crippen molar-refractivity contribution in [1.29, 1.82) is 0 Å². The van der Waals surface area contributed by atoms with Crippen molar-refractivity contribution in [2.24, 2.45) is 0 Å². The minimum absolute atomic E-state index is 0.0623. The van der Waals surface area contributed by atoms with Gasteiger partial charge in [-0.3, -0.25) is 13.8 Å². The van der Waals surface area contributed by atoms with Gasteiger partial charge in [-0.15, -0.1) is 0 Å². The predicted molar refractivity (Wildman–Crippen MR) is 374 cm³/mol. The lowest BCUT2D eigenvalue weighted by molar-refractivity contribution is -0.870. The molecule has 0 aliphatic carbocycles. The first kappa shape index (κ1) is 83.5. The number of phosphoric ester groups is 1. The summed E-state index contributed by atoms with van der Waals surface area (Å²) in [6.07, 6.45) is 91.3. The predicted octanol–water partition coefficient (Wildman–Crippen LogP) is 24.2. The molecule has 0 aromatic rings. The van der Waals surface area contributed by atoms with Crippen molar-refractivity contribution in [2.45, 2.75) is 392 Å². The van der Waals surface area contributed by atoms with E-state index >= 15 is 0 Å². The van der Waals surface area contributed by atoms with Crippen LogP contribution in [0.25, 0.3) is 0 Å². The van der Waals surface area contributed by atoms with Gasteiger partial charge in [0.05, 0.1) is 39.9 Å². The number of quaternary nitrogens is 1. The van der Waals surface area contributed by atoms with E-state index in [1.54, 1.807) is 6.08 Å². The number of hydrogen-bond acceptors (Lipinski definition) is 5. The number of aliphatic hydroxyl groups is 1. The van der Waals surface area contributed by atoms with E-state index in [0.29, 0.717) is 17.4 Å². The lowest BCUT2D eigenvalue weighted by atomic mass is 10.0. The highest BCUT2D eigenvalue weighted by molar-refractivity contribution is 7.47. The second-order valence-electron chi connectivity index (χ2n) is 27.0. The molecule has 3 N–H and O–H groups in total. The van der Waals surface area contributed by atoms with Crippen LogP contribution in [0.5, 0.6) is 0 Å². The van der Waals surface area contributed by atoms with Gasteiger partial charge < -0.3 is 19.8 Å². The lowest BCUT2D eigenvalue weighted by Gasteiger charge is -2.25. The molecule has 0 heterocycles. The molecule has 9 heteroatoms. The standard InChI is InChI=1S/C76H147N2O6P/c1-6-8-10-12-14-16-18-20-22-24-26-28-30-32-34-36-38-40-41-43-45-47-49-51-53-55-57-59-61-63-65-67-69-75(79)74(73-84-85(81,82)83-72-71-78(3,4)5)77-76(80)70-68-66-64-62-60-58-56-54-52-50-48-46-44-42-39-37-35-33-31-29-27-25-23-21-19-17-15-13-11-9-7-2/h19,21,25,27,31,33,67,69,74-75,79H,6-18,20,22-24,26,28-30,32,34-66,68,70-73H2,1-5H3,(H-,77,80,81,82)/p+1/b21-19-,27-25-,33-31-,69-67+. The number of allylic oxidation sites excluding steroid dienone is 7. The summed E-state index contributed by atoms with van der Waals surface area (Å²) in [6, 6.07) is -0.849. The molecule has 0 spiro atoms. The van der Waals surface area contributed by atoms with Gasteiger partial charge in [-0.05, 0) is 57.8 Å². The maximum absolute atomic E-state index is 13.1. The van der Waals surface area contributed by atoms with Gasteiger partial charge in [0.25, 0.3) is 0 Å². The highest BCUT2D eigenvalue weighted by Crippen LogP contribution is 2.43. The number of hydrogen-bond donors (Lipinski definition) is 3. The van der Waals surface area contributed by atoms with Crippen LogP contribution in [0.2, 0.25) is 0 Å². The number of nitrogens with one attached hydrogen (secondary N) is 1. The molecule has 8 nitrogen and oxygen atoms in total. The third-order valence-electron chi connectivity index (χ3n) is 17.3. The summed E-state index contributed by atoms with van der Waals surface area (Å²) in [6.45, 7) is 4.86. The van der Waals surface area contributed by atoms with Crippen molar-refractivity contribution < 1.29 is 32.9 Å². The van der Waals surface area contributed by atoms with Crippen LogP contribution in [0.4, 0.5) is 0 Å². The molecule has 0 bridgehead atoms. The zero-order chi connectivity index (χ0) is 61.9. The molecule has 1 amide bonds. The smallest absolute Gasteiger partial charge is 0.387 e. The summed E-state index contributed by atoms with van der Waals surface area (Å²) in [5.41, 5.74) is 0. The molecule has 0 aliphatic heterocycles. The van der Waals surface area contributed by atoms with E-state index in [0.717, 1.165) is 51.4 Å². The molecule has 502 valence electrons. The van der Waals surface area contributed by atoms with Crippen LogP contribution in [0.15, 0.2) is 48.6 Å². The molecule has 0 fully saturated rings.